The van der Waals surface area contributed by atoms with Gasteiger partial charge in [-0.3, -0.25) is 0 Å². The van der Waals surface area contributed by atoms with Gasteiger partial charge in [0.15, 0.2) is 6.04 Å². The van der Waals surface area contributed by atoms with Crippen LogP contribution in [0.3, 0.4) is 0 Å². The molecule has 1 saturated carbocycles. The molecule has 0 aromatic carbocycles. The Morgan fingerprint density at radius 1 is 1.56 bits per heavy atom. The Labute approximate surface area is 94.3 Å². The zero-order chi connectivity index (χ0) is 12.1. The van der Waals surface area contributed by atoms with Crippen LogP contribution in [-0.2, 0) is 9.53 Å². The number of carboxylic acid groups (broad SMARTS) is 1. The molecule has 1 aliphatic carbocycles. The Bertz CT molecular complexity index is 270. The molecule has 0 aromatic heterocycles. The van der Waals surface area contributed by atoms with E-state index in [-0.39, 0.29) is 6.61 Å². The van der Waals surface area contributed by atoms with E-state index in [1.807, 2.05) is 0 Å². The van der Waals surface area contributed by atoms with Gasteiger partial charge < -0.3 is 20.5 Å². The molecule has 3 unspecified atom stereocenters. The number of carboxylic acids is 1. The number of nitrogens with one attached hydrogen (secondary N) is 2. The van der Waals surface area contributed by atoms with E-state index in [4.69, 9.17) is 9.84 Å². The summed E-state index contributed by atoms with van der Waals surface area (Å²) in [4.78, 5) is 22.0. The summed E-state index contributed by atoms with van der Waals surface area (Å²) < 4.78 is 4.70. The van der Waals surface area contributed by atoms with E-state index >= 15 is 0 Å². The van der Waals surface area contributed by atoms with E-state index in [1.54, 1.807) is 0 Å². The highest BCUT2D eigenvalue weighted by molar-refractivity contribution is 5.82. The number of methoxy groups -OCH3 is 1. The summed E-state index contributed by atoms with van der Waals surface area (Å²) in [5.74, 6) is 0.0998. The fraction of sp³-hybridized carbons (Fsp3) is 0.800. The second-order valence-electron chi connectivity index (χ2n) is 4.17. The van der Waals surface area contributed by atoms with Gasteiger partial charge in [0.1, 0.15) is 0 Å². The summed E-state index contributed by atoms with van der Waals surface area (Å²) >= 11 is 0. The van der Waals surface area contributed by atoms with Crippen molar-refractivity contribution in [2.24, 2.45) is 11.8 Å². The fourth-order valence-corrected chi connectivity index (χ4v) is 1.46. The quantitative estimate of drug-likeness (QED) is 0.601. The Kier molecular flexibility index (Phi) is 4.54. The third kappa shape index (κ3) is 4.06. The summed E-state index contributed by atoms with van der Waals surface area (Å²) in [6, 6.07) is -1.45. The predicted molar refractivity (Wildman–Crippen MR) is 57.1 cm³/mol. The molecule has 0 radical (unpaired) electrons. The lowest BCUT2D eigenvalue weighted by atomic mass is 10.3. The Balaban J connectivity index is 2.22. The molecule has 92 valence electrons. The van der Waals surface area contributed by atoms with Gasteiger partial charge in [-0.15, -0.1) is 0 Å². The maximum Gasteiger partial charge on any atom is 0.328 e. The monoisotopic (exact) mass is 230 g/mol. The van der Waals surface area contributed by atoms with Crippen LogP contribution >= 0.6 is 0 Å². The maximum atomic E-state index is 11.3. The second kappa shape index (κ2) is 5.69. The van der Waals surface area contributed by atoms with Crippen molar-refractivity contribution in [3.05, 3.63) is 0 Å². The van der Waals surface area contributed by atoms with Crippen LogP contribution < -0.4 is 10.6 Å². The van der Waals surface area contributed by atoms with Crippen LogP contribution in [0.1, 0.15) is 13.3 Å². The Morgan fingerprint density at radius 2 is 2.19 bits per heavy atom. The first-order valence-corrected chi connectivity index (χ1v) is 5.30. The van der Waals surface area contributed by atoms with Gasteiger partial charge >= 0.3 is 12.0 Å². The van der Waals surface area contributed by atoms with Crippen molar-refractivity contribution in [1.82, 2.24) is 10.6 Å². The number of amides is 2. The molecule has 0 aliphatic heterocycles. The zero-order valence-electron chi connectivity index (χ0n) is 9.53. The number of carbonyl (C=O) groups is 2. The summed E-state index contributed by atoms with van der Waals surface area (Å²) in [5.41, 5.74) is 0. The van der Waals surface area contributed by atoms with Gasteiger partial charge in [-0.05, 0) is 18.3 Å². The minimum atomic E-state index is -1.10. The van der Waals surface area contributed by atoms with Crippen molar-refractivity contribution in [3.8, 4) is 0 Å². The third-order valence-electron chi connectivity index (χ3n) is 2.74. The van der Waals surface area contributed by atoms with E-state index < -0.39 is 18.0 Å². The van der Waals surface area contributed by atoms with Crippen LogP contribution in [0.15, 0.2) is 0 Å². The number of rotatable bonds is 6. The highest BCUT2D eigenvalue weighted by Gasteiger charge is 2.32. The number of carbonyl (C=O) groups excluding carboxylic acids is 1. The second-order valence-corrected chi connectivity index (χ2v) is 4.17. The molecule has 3 N–H and O–H groups in total. The standard InChI is InChI=1S/C10H18N2O4/c1-6-3-7(6)4-11-10(15)12-8(5-16-2)9(13)14/h6-8H,3-5H2,1-2H3,(H,13,14)(H2,11,12,15). The molecular weight excluding hydrogens is 212 g/mol. The average Bonchev–Trinajstić information content (AvgIpc) is 2.91. The number of hydrogen-bond donors (Lipinski definition) is 3. The fourth-order valence-electron chi connectivity index (χ4n) is 1.46. The summed E-state index contributed by atoms with van der Waals surface area (Å²) in [6.45, 7) is 2.68. The molecule has 0 heterocycles. The summed E-state index contributed by atoms with van der Waals surface area (Å²) in [6.07, 6.45) is 1.13. The van der Waals surface area contributed by atoms with Gasteiger partial charge in [0.05, 0.1) is 6.61 Å². The first-order valence-electron chi connectivity index (χ1n) is 5.30. The molecule has 0 saturated heterocycles. The van der Waals surface area contributed by atoms with Gasteiger partial charge in [0.2, 0.25) is 0 Å². The largest absolute Gasteiger partial charge is 0.480 e. The highest BCUT2D eigenvalue weighted by atomic mass is 16.5. The normalized spacial score (nSPS) is 24.6. The van der Waals surface area contributed by atoms with Crippen LogP contribution in [0.5, 0.6) is 0 Å². The number of ether oxygens (including phenoxy) is 1. The van der Waals surface area contributed by atoms with Gasteiger partial charge in [-0.2, -0.15) is 0 Å². The lowest BCUT2D eigenvalue weighted by Gasteiger charge is -2.14. The van der Waals surface area contributed by atoms with Crippen LogP contribution in [0.4, 0.5) is 4.79 Å². The zero-order valence-corrected chi connectivity index (χ0v) is 9.53. The van der Waals surface area contributed by atoms with Crippen LogP contribution in [0.2, 0.25) is 0 Å². The van der Waals surface area contributed by atoms with E-state index in [0.717, 1.165) is 6.42 Å². The van der Waals surface area contributed by atoms with Crippen LogP contribution in [0.25, 0.3) is 0 Å². The molecule has 3 atom stereocenters. The Morgan fingerprint density at radius 3 is 2.62 bits per heavy atom. The lowest BCUT2D eigenvalue weighted by Crippen LogP contribution is -2.48. The maximum absolute atomic E-state index is 11.3. The van der Waals surface area contributed by atoms with E-state index in [9.17, 15) is 9.59 Å². The molecule has 1 rings (SSSR count). The lowest BCUT2D eigenvalue weighted by molar-refractivity contribution is -0.140. The van der Waals surface area contributed by atoms with Crippen LogP contribution in [-0.4, -0.2) is 43.4 Å². The molecule has 2 amide bonds. The molecule has 0 bridgehead atoms. The summed E-state index contributed by atoms with van der Waals surface area (Å²) in [7, 11) is 1.39. The van der Waals surface area contributed by atoms with Crippen molar-refractivity contribution in [2.45, 2.75) is 19.4 Å². The first-order chi connectivity index (χ1) is 7.54. The average molecular weight is 230 g/mol. The van der Waals surface area contributed by atoms with Gasteiger partial charge in [0.25, 0.3) is 0 Å². The molecule has 0 spiro atoms. The molecular formula is C10H18N2O4. The highest BCUT2D eigenvalue weighted by Crippen LogP contribution is 2.36. The number of hydrogen-bond acceptors (Lipinski definition) is 3. The minimum absolute atomic E-state index is 0.0391. The predicted octanol–water partition coefficient (Wildman–Crippen LogP) is 0.0412. The molecule has 1 aliphatic rings. The van der Waals surface area contributed by atoms with Crippen molar-refractivity contribution in [1.29, 1.82) is 0 Å². The smallest absolute Gasteiger partial charge is 0.328 e. The van der Waals surface area contributed by atoms with Crippen LogP contribution in [0, 0.1) is 11.8 Å². The first kappa shape index (κ1) is 12.8. The minimum Gasteiger partial charge on any atom is -0.480 e. The third-order valence-corrected chi connectivity index (χ3v) is 2.74. The summed E-state index contributed by atoms with van der Waals surface area (Å²) in [5, 5.41) is 13.8. The van der Waals surface area contributed by atoms with Gasteiger partial charge in [0, 0.05) is 13.7 Å². The Hall–Kier alpha value is -1.30. The van der Waals surface area contributed by atoms with E-state index in [1.165, 1.54) is 7.11 Å². The van der Waals surface area contributed by atoms with Gasteiger partial charge in [-0.25, -0.2) is 9.59 Å². The molecule has 16 heavy (non-hydrogen) atoms. The van der Waals surface area contributed by atoms with Gasteiger partial charge in [-0.1, -0.05) is 6.92 Å². The topological polar surface area (TPSA) is 87.7 Å². The van der Waals surface area contributed by atoms with Crippen molar-refractivity contribution < 1.29 is 19.4 Å². The van der Waals surface area contributed by atoms with E-state index in [0.29, 0.717) is 18.4 Å². The molecule has 1 fully saturated rings. The number of urea groups is 1. The molecule has 6 nitrogen and oxygen atoms in total. The van der Waals surface area contributed by atoms with Crippen molar-refractivity contribution in [2.75, 3.05) is 20.3 Å². The molecule has 6 heteroatoms. The van der Waals surface area contributed by atoms with Crippen molar-refractivity contribution in [3.63, 3.8) is 0 Å². The molecule has 0 aromatic rings. The van der Waals surface area contributed by atoms with Crippen molar-refractivity contribution >= 4 is 12.0 Å². The SMILES string of the molecule is COCC(NC(=O)NCC1CC1C)C(=O)O. The number of aliphatic carboxylic acids is 1. The van der Waals surface area contributed by atoms with E-state index in [2.05, 4.69) is 17.6 Å².